The molecule has 0 fully saturated rings. The summed E-state index contributed by atoms with van der Waals surface area (Å²) < 4.78 is 6.12. The zero-order chi connectivity index (χ0) is 12.5. The normalized spacial score (nSPS) is 10.8. The van der Waals surface area contributed by atoms with Gasteiger partial charge >= 0.3 is 0 Å². The predicted octanol–water partition coefficient (Wildman–Crippen LogP) is 2.79. The second-order valence-electron chi connectivity index (χ2n) is 3.67. The van der Waals surface area contributed by atoms with Crippen LogP contribution in [0.25, 0.3) is 22.6 Å². The van der Waals surface area contributed by atoms with E-state index in [1.165, 1.54) is 0 Å². The quantitative estimate of drug-likeness (QED) is 0.791. The molecule has 0 atom stereocenters. The molecular weight excluding hydrogens is 296 g/mol. The highest BCUT2D eigenvalue weighted by atomic mass is 79.9. The highest BCUT2D eigenvalue weighted by Gasteiger charge is 2.11. The van der Waals surface area contributed by atoms with Crippen molar-refractivity contribution in [1.29, 1.82) is 0 Å². The predicted molar refractivity (Wildman–Crippen MR) is 71.4 cm³/mol. The number of ether oxygens (including phenoxy) is 1. The number of H-pyrrole nitrogens is 1. The maximum atomic E-state index is 5.22. The first-order chi connectivity index (χ1) is 8.78. The van der Waals surface area contributed by atoms with E-state index < -0.39 is 0 Å². The second-order valence-corrected chi connectivity index (χ2v) is 4.59. The molecule has 0 aliphatic rings. The van der Waals surface area contributed by atoms with E-state index in [2.05, 4.69) is 35.9 Å². The summed E-state index contributed by atoms with van der Waals surface area (Å²) in [6.45, 7) is 0. The maximum absolute atomic E-state index is 5.22. The summed E-state index contributed by atoms with van der Waals surface area (Å²) in [5.74, 6) is 1.23. The van der Waals surface area contributed by atoms with Crippen LogP contribution in [-0.4, -0.2) is 27.0 Å². The van der Waals surface area contributed by atoms with Crippen molar-refractivity contribution in [3.05, 3.63) is 35.1 Å². The number of nitrogens with zero attached hydrogens (tertiary/aromatic N) is 3. The van der Waals surface area contributed by atoms with Crippen molar-refractivity contribution >= 4 is 27.1 Å². The van der Waals surface area contributed by atoms with Crippen LogP contribution < -0.4 is 4.74 Å². The molecule has 0 aliphatic heterocycles. The van der Waals surface area contributed by atoms with Crippen molar-refractivity contribution in [3.8, 4) is 17.3 Å². The second kappa shape index (κ2) is 4.38. The topological polar surface area (TPSA) is 63.7 Å². The Kier molecular flexibility index (Phi) is 2.71. The van der Waals surface area contributed by atoms with Crippen molar-refractivity contribution in [2.75, 3.05) is 7.11 Å². The fraction of sp³-hybridized carbons (Fsp3) is 0.0833. The van der Waals surface area contributed by atoms with Crippen molar-refractivity contribution in [2.45, 2.75) is 0 Å². The van der Waals surface area contributed by atoms with E-state index in [1.807, 2.05) is 18.2 Å². The summed E-state index contributed by atoms with van der Waals surface area (Å²) in [7, 11) is 1.59. The van der Waals surface area contributed by atoms with E-state index in [0.29, 0.717) is 17.4 Å². The largest absolute Gasteiger partial charge is 0.480 e. The number of pyridine rings is 2. The van der Waals surface area contributed by atoms with Gasteiger partial charge in [0.1, 0.15) is 5.82 Å². The van der Waals surface area contributed by atoms with Crippen molar-refractivity contribution in [3.63, 3.8) is 0 Å². The molecule has 0 saturated carbocycles. The molecule has 3 rings (SSSR count). The molecule has 90 valence electrons. The summed E-state index contributed by atoms with van der Waals surface area (Å²) in [5, 5.41) is 0. The van der Waals surface area contributed by atoms with E-state index in [9.17, 15) is 0 Å². The summed E-state index contributed by atoms with van der Waals surface area (Å²) in [6.07, 6.45) is 3.40. The first kappa shape index (κ1) is 11.2. The molecule has 3 aromatic rings. The van der Waals surface area contributed by atoms with Gasteiger partial charge in [-0.05, 0) is 34.1 Å². The van der Waals surface area contributed by atoms with Crippen molar-refractivity contribution < 1.29 is 4.74 Å². The number of nitrogens with one attached hydrogen (secondary N) is 1. The smallest absolute Gasteiger partial charge is 0.224 e. The molecule has 18 heavy (non-hydrogen) atoms. The van der Waals surface area contributed by atoms with Gasteiger partial charge in [-0.2, -0.15) is 0 Å². The summed E-state index contributed by atoms with van der Waals surface area (Å²) in [5.41, 5.74) is 2.35. The lowest BCUT2D eigenvalue weighted by Gasteiger charge is -2.02. The van der Waals surface area contributed by atoms with Gasteiger partial charge in [0.2, 0.25) is 5.88 Å². The number of methoxy groups -OCH3 is 1. The van der Waals surface area contributed by atoms with Gasteiger partial charge in [0.05, 0.1) is 18.2 Å². The minimum Gasteiger partial charge on any atom is -0.480 e. The van der Waals surface area contributed by atoms with Crippen LogP contribution >= 0.6 is 15.9 Å². The van der Waals surface area contributed by atoms with Gasteiger partial charge in [-0.3, -0.25) is 0 Å². The van der Waals surface area contributed by atoms with Crippen LogP contribution in [-0.2, 0) is 0 Å². The van der Waals surface area contributed by atoms with E-state index in [1.54, 1.807) is 19.5 Å². The minimum absolute atomic E-state index is 0.538. The minimum atomic E-state index is 0.538. The molecule has 0 aromatic carbocycles. The van der Waals surface area contributed by atoms with Crippen LogP contribution in [0, 0.1) is 0 Å². The molecule has 0 unspecified atom stereocenters. The lowest BCUT2D eigenvalue weighted by molar-refractivity contribution is 0.399. The molecule has 0 bridgehead atoms. The van der Waals surface area contributed by atoms with Crippen LogP contribution in [0.3, 0.4) is 0 Å². The van der Waals surface area contributed by atoms with Gasteiger partial charge < -0.3 is 9.72 Å². The third-order valence-electron chi connectivity index (χ3n) is 2.52. The Morgan fingerprint density at radius 3 is 3.06 bits per heavy atom. The molecule has 5 nitrogen and oxygen atoms in total. The zero-order valence-corrected chi connectivity index (χ0v) is 11.1. The van der Waals surface area contributed by atoms with Crippen LogP contribution in [0.2, 0.25) is 0 Å². The summed E-state index contributed by atoms with van der Waals surface area (Å²) in [4.78, 5) is 16.0. The number of aromatic nitrogens is 4. The van der Waals surface area contributed by atoms with Crippen LogP contribution in [0.15, 0.2) is 35.1 Å². The first-order valence-corrected chi connectivity index (χ1v) is 6.08. The Morgan fingerprint density at radius 1 is 1.33 bits per heavy atom. The molecule has 0 saturated heterocycles. The molecular formula is C12H9BrN4O. The van der Waals surface area contributed by atoms with Gasteiger partial charge in [0, 0.05) is 16.9 Å². The average Bonchev–Trinajstić information content (AvgIpc) is 2.81. The molecule has 6 heteroatoms. The number of imidazole rings is 1. The third-order valence-corrected chi connectivity index (χ3v) is 2.96. The Balaban J connectivity index is 2.19. The maximum Gasteiger partial charge on any atom is 0.224 e. The van der Waals surface area contributed by atoms with E-state index >= 15 is 0 Å². The van der Waals surface area contributed by atoms with Gasteiger partial charge in [-0.25, -0.2) is 15.0 Å². The summed E-state index contributed by atoms with van der Waals surface area (Å²) >= 11 is 3.38. The highest BCUT2D eigenvalue weighted by molar-refractivity contribution is 9.10. The first-order valence-electron chi connectivity index (χ1n) is 5.28. The standard InChI is InChI=1S/C12H9BrN4O/c1-18-12-8(3-2-4-14-12)10-16-9-5-7(13)6-15-11(9)17-10/h2-6H,1H3,(H,15,16,17). The lowest BCUT2D eigenvalue weighted by Crippen LogP contribution is -1.91. The van der Waals surface area contributed by atoms with E-state index in [-0.39, 0.29) is 0 Å². The average molecular weight is 305 g/mol. The number of rotatable bonds is 2. The van der Waals surface area contributed by atoms with E-state index in [4.69, 9.17) is 4.74 Å². The monoisotopic (exact) mass is 304 g/mol. The van der Waals surface area contributed by atoms with Crippen LogP contribution in [0.5, 0.6) is 5.88 Å². The molecule has 0 aliphatic carbocycles. The molecule has 0 spiro atoms. The van der Waals surface area contributed by atoms with Gasteiger partial charge in [-0.15, -0.1) is 0 Å². The Labute approximate surface area is 111 Å². The Bertz CT molecular complexity index is 710. The molecule has 3 aromatic heterocycles. The van der Waals surface area contributed by atoms with Crippen molar-refractivity contribution in [1.82, 2.24) is 19.9 Å². The SMILES string of the molecule is COc1ncccc1-c1nc2ncc(Br)cc2[nH]1. The number of fused-ring (bicyclic) bond motifs is 1. The summed E-state index contributed by atoms with van der Waals surface area (Å²) in [6, 6.07) is 5.68. The number of halogens is 1. The Hall–Kier alpha value is -1.95. The number of hydrogen-bond acceptors (Lipinski definition) is 4. The van der Waals surface area contributed by atoms with Crippen LogP contribution in [0.1, 0.15) is 0 Å². The lowest BCUT2D eigenvalue weighted by atomic mass is 10.2. The molecule has 1 N–H and O–H groups in total. The fourth-order valence-electron chi connectivity index (χ4n) is 1.74. The highest BCUT2D eigenvalue weighted by Crippen LogP contribution is 2.27. The van der Waals surface area contributed by atoms with Gasteiger partial charge in [-0.1, -0.05) is 0 Å². The fourth-order valence-corrected chi connectivity index (χ4v) is 2.07. The van der Waals surface area contributed by atoms with Gasteiger partial charge in [0.15, 0.2) is 5.65 Å². The molecule has 0 radical (unpaired) electrons. The number of aromatic amines is 1. The number of hydrogen-bond donors (Lipinski definition) is 1. The van der Waals surface area contributed by atoms with Gasteiger partial charge in [0.25, 0.3) is 0 Å². The van der Waals surface area contributed by atoms with Crippen molar-refractivity contribution in [2.24, 2.45) is 0 Å². The molecule has 3 heterocycles. The third kappa shape index (κ3) is 1.84. The van der Waals surface area contributed by atoms with Crippen LogP contribution in [0.4, 0.5) is 0 Å². The zero-order valence-electron chi connectivity index (χ0n) is 9.51. The van der Waals surface area contributed by atoms with E-state index in [0.717, 1.165) is 15.6 Å². The molecule has 0 amide bonds. The Morgan fingerprint density at radius 2 is 2.22 bits per heavy atom.